The number of aryl methyl sites for hydroxylation is 1. The van der Waals surface area contributed by atoms with Crippen molar-refractivity contribution in [1.29, 1.82) is 0 Å². The molecular formula is C11H13NO3. The van der Waals surface area contributed by atoms with Crippen molar-refractivity contribution in [3.05, 3.63) is 23.8 Å². The molecule has 0 bridgehead atoms. The predicted octanol–water partition coefficient (Wildman–Crippen LogP) is 1.29. The Kier molecular flexibility index (Phi) is 2.60. The van der Waals surface area contributed by atoms with Crippen LogP contribution in [0.25, 0.3) is 0 Å². The van der Waals surface area contributed by atoms with Crippen LogP contribution >= 0.6 is 0 Å². The summed E-state index contributed by atoms with van der Waals surface area (Å²) in [5.74, 6) is 0.606. The highest BCUT2D eigenvalue weighted by atomic mass is 16.6. The maximum Gasteiger partial charge on any atom is 0.221 e. The summed E-state index contributed by atoms with van der Waals surface area (Å²) >= 11 is 0. The van der Waals surface area contributed by atoms with Crippen LogP contribution in [0.1, 0.15) is 18.9 Å². The van der Waals surface area contributed by atoms with Gasteiger partial charge in [0, 0.05) is 19.0 Å². The summed E-state index contributed by atoms with van der Waals surface area (Å²) in [5.41, 5.74) is 1.78. The minimum atomic E-state index is -0.705. The van der Waals surface area contributed by atoms with Gasteiger partial charge in [-0.3, -0.25) is 4.79 Å². The first-order valence-corrected chi connectivity index (χ1v) is 4.90. The lowest BCUT2D eigenvalue weighted by Gasteiger charge is -2.22. The summed E-state index contributed by atoms with van der Waals surface area (Å²) in [4.78, 5) is 10.9. The van der Waals surface area contributed by atoms with Crippen LogP contribution in [0, 0.1) is 0 Å². The molecule has 0 spiro atoms. The zero-order chi connectivity index (χ0) is 10.8. The van der Waals surface area contributed by atoms with Crippen LogP contribution in [0.15, 0.2) is 18.2 Å². The van der Waals surface area contributed by atoms with Crippen molar-refractivity contribution in [1.82, 2.24) is 0 Å². The van der Waals surface area contributed by atoms with Gasteiger partial charge in [-0.25, -0.2) is 0 Å². The van der Waals surface area contributed by atoms with Gasteiger partial charge in [0.2, 0.25) is 5.91 Å². The summed E-state index contributed by atoms with van der Waals surface area (Å²) in [5, 5.41) is 12.0. The third-order valence-electron chi connectivity index (χ3n) is 2.30. The molecule has 0 aromatic heterocycles. The molecule has 1 aromatic carbocycles. The zero-order valence-corrected chi connectivity index (χ0v) is 8.49. The van der Waals surface area contributed by atoms with Crippen molar-refractivity contribution in [2.24, 2.45) is 0 Å². The molecule has 1 heterocycles. The first kappa shape index (κ1) is 9.98. The van der Waals surface area contributed by atoms with E-state index in [9.17, 15) is 9.90 Å². The molecule has 1 aromatic rings. The van der Waals surface area contributed by atoms with Crippen LogP contribution in [0.2, 0.25) is 0 Å². The van der Waals surface area contributed by atoms with Gasteiger partial charge >= 0.3 is 0 Å². The number of rotatable bonds is 1. The SMILES string of the molecule is CC(=O)Nc1ccc2c(c1)CCC(O)O2. The fourth-order valence-corrected chi connectivity index (χ4v) is 1.66. The highest BCUT2D eigenvalue weighted by molar-refractivity contribution is 5.88. The molecule has 0 aliphatic carbocycles. The Balaban J connectivity index is 2.23. The second-order valence-electron chi connectivity index (χ2n) is 3.61. The summed E-state index contributed by atoms with van der Waals surface area (Å²) in [7, 11) is 0. The van der Waals surface area contributed by atoms with E-state index in [1.807, 2.05) is 6.07 Å². The van der Waals surface area contributed by atoms with E-state index in [2.05, 4.69) is 5.32 Å². The van der Waals surface area contributed by atoms with Crippen molar-refractivity contribution in [2.75, 3.05) is 5.32 Å². The van der Waals surface area contributed by atoms with Crippen LogP contribution in [0.5, 0.6) is 5.75 Å². The minimum absolute atomic E-state index is 0.0910. The molecule has 0 fully saturated rings. The van der Waals surface area contributed by atoms with Crippen molar-refractivity contribution >= 4 is 11.6 Å². The molecule has 1 aliphatic rings. The number of aliphatic hydroxyl groups is 1. The lowest BCUT2D eigenvalue weighted by molar-refractivity contribution is -0.114. The minimum Gasteiger partial charge on any atom is -0.465 e. The van der Waals surface area contributed by atoms with E-state index in [1.54, 1.807) is 12.1 Å². The van der Waals surface area contributed by atoms with Gasteiger partial charge in [-0.2, -0.15) is 0 Å². The number of anilines is 1. The predicted molar refractivity (Wildman–Crippen MR) is 55.7 cm³/mol. The highest BCUT2D eigenvalue weighted by Crippen LogP contribution is 2.29. The van der Waals surface area contributed by atoms with Crippen molar-refractivity contribution < 1.29 is 14.6 Å². The van der Waals surface area contributed by atoms with E-state index in [0.29, 0.717) is 12.2 Å². The van der Waals surface area contributed by atoms with Crippen LogP contribution in [-0.4, -0.2) is 17.3 Å². The number of carbonyl (C=O) groups excluding carboxylic acids is 1. The lowest BCUT2D eigenvalue weighted by Crippen LogP contribution is -2.21. The molecule has 4 heteroatoms. The van der Waals surface area contributed by atoms with Gasteiger partial charge in [0.15, 0.2) is 6.29 Å². The van der Waals surface area contributed by atoms with Crippen molar-refractivity contribution in [2.45, 2.75) is 26.1 Å². The van der Waals surface area contributed by atoms with Gasteiger partial charge in [-0.15, -0.1) is 0 Å². The number of benzene rings is 1. The Bertz CT molecular complexity index is 389. The maximum absolute atomic E-state index is 10.9. The van der Waals surface area contributed by atoms with Gasteiger partial charge in [-0.1, -0.05) is 0 Å². The molecule has 1 atom stereocenters. The number of carbonyl (C=O) groups is 1. The van der Waals surface area contributed by atoms with Crippen molar-refractivity contribution in [3.63, 3.8) is 0 Å². The van der Waals surface area contributed by atoms with Gasteiger partial charge in [0.25, 0.3) is 0 Å². The Morgan fingerprint density at radius 2 is 2.40 bits per heavy atom. The van der Waals surface area contributed by atoms with E-state index in [4.69, 9.17) is 4.74 Å². The van der Waals surface area contributed by atoms with Gasteiger partial charge in [0.05, 0.1) is 0 Å². The van der Waals surface area contributed by atoms with E-state index < -0.39 is 6.29 Å². The second-order valence-corrected chi connectivity index (χ2v) is 3.61. The molecule has 1 amide bonds. The van der Waals surface area contributed by atoms with E-state index in [-0.39, 0.29) is 5.91 Å². The smallest absolute Gasteiger partial charge is 0.221 e. The first-order chi connectivity index (χ1) is 7.15. The van der Waals surface area contributed by atoms with E-state index in [0.717, 1.165) is 17.7 Å². The Morgan fingerprint density at radius 1 is 1.60 bits per heavy atom. The Morgan fingerprint density at radius 3 is 3.13 bits per heavy atom. The fraction of sp³-hybridized carbons (Fsp3) is 0.364. The molecule has 4 nitrogen and oxygen atoms in total. The zero-order valence-electron chi connectivity index (χ0n) is 8.49. The van der Waals surface area contributed by atoms with E-state index >= 15 is 0 Å². The number of aliphatic hydroxyl groups excluding tert-OH is 1. The number of amides is 1. The third kappa shape index (κ3) is 2.27. The monoisotopic (exact) mass is 207 g/mol. The van der Waals surface area contributed by atoms with E-state index in [1.165, 1.54) is 6.92 Å². The maximum atomic E-state index is 10.9. The molecule has 15 heavy (non-hydrogen) atoms. The van der Waals surface area contributed by atoms with Crippen LogP contribution < -0.4 is 10.1 Å². The molecule has 2 rings (SSSR count). The molecule has 0 saturated heterocycles. The molecule has 0 radical (unpaired) electrons. The normalized spacial score (nSPS) is 18.9. The lowest BCUT2D eigenvalue weighted by atomic mass is 10.1. The molecular weight excluding hydrogens is 194 g/mol. The van der Waals surface area contributed by atoms with Crippen LogP contribution in [0.3, 0.4) is 0 Å². The number of fused-ring (bicyclic) bond motifs is 1. The average molecular weight is 207 g/mol. The highest BCUT2D eigenvalue weighted by Gasteiger charge is 2.17. The largest absolute Gasteiger partial charge is 0.465 e. The molecule has 1 aliphatic heterocycles. The topological polar surface area (TPSA) is 58.6 Å². The summed E-state index contributed by atoms with van der Waals surface area (Å²) in [6.45, 7) is 1.47. The van der Waals surface area contributed by atoms with Gasteiger partial charge in [0.1, 0.15) is 5.75 Å². The van der Waals surface area contributed by atoms with Gasteiger partial charge in [-0.05, 0) is 30.2 Å². The number of hydrogen-bond acceptors (Lipinski definition) is 3. The Hall–Kier alpha value is -1.55. The van der Waals surface area contributed by atoms with Crippen LogP contribution in [-0.2, 0) is 11.2 Å². The molecule has 1 unspecified atom stereocenters. The number of nitrogens with one attached hydrogen (secondary N) is 1. The number of ether oxygens (including phenoxy) is 1. The van der Waals surface area contributed by atoms with Crippen molar-refractivity contribution in [3.8, 4) is 5.75 Å². The first-order valence-electron chi connectivity index (χ1n) is 4.90. The quantitative estimate of drug-likeness (QED) is 0.729. The van der Waals surface area contributed by atoms with Gasteiger partial charge < -0.3 is 15.2 Å². The Labute approximate surface area is 87.9 Å². The fourth-order valence-electron chi connectivity index (χ4n) is 1.66. The van der Waals surface area contributed by atoms with Crippen LogP contribution in [0.4, 0.5) is 5.69 Å². The third-order valence-corrected chi connectivity index (χ3v) is 2.30. The molecule has 80 valence electrons. The molecule has 0 saturated carbocycles. The standard InChI is InChI=1S/C11H13NO3/c1-7(13)12-9-3-4-10-8(6-9)2-5-11(14)15-10/h3-4,6,11,14H,2,5H2,1H3,(H,12,13). The molecule has 2 N–H and O–H groups in total. The summed E-state index contributed by atoms with van der Waals surface area (Å²) in [6.07, 6.45) is 0.657. The summed E-state index contributed by atoms with van der Waals surface area (Å²) in [6, 6.07) is 5.41. The average Bonchev–Trinajstić information content (AvgIpc) is 2.17. The number of hydrogen-bond donors (Lipinski definition) is 2. The second kappa shape index (κ2) is 3.90. The summed E-state index contributed by atoms with van der Waals surface area (Å²) < 4.78 is 5.23.